The third-order valence-corrected chi connectivity index (χ3v) is 6.18. The van der Waals surface area contributed by atoms with Gasteiger partial charge in [-0.1, -0.05) is 11.6 Å². The first-order valence-electron chi connectivity index (χ1n) is 9.22. The lowest BCUT2D eigenvalue weighted by Gasteiger charge is -2.51. The number of carbonyl (C=O) groups is 1. The molecule has 0 saturated carbocycles. The van der Waals surface area contributed by atoms with Crippen LogP contribution in [0.4, 0.5) is 0 Å². The lowest BCUT2D eigenvalue weighted by atomic mass is 9.86. The van der Waals surface area contributed by atoms with E-state index in [-0.39, 0.29) is 17.9 Å². The van der Waals surface area contributed by atoms with Crippen LogP contribution in [0.3, 0.4) is 0 Å². The molecule has 0 aliphatic carbocycles. The van der Waals surface area contributed by atoms with E-state index in [4.69, 9.17) is 25.8 Å². The Morgan fingerprint density at radius 3 is 2.54 bits per heavy atom. The van der Waals surface area contributed by atoms with Crippen LogP contribution in [-0.2, 0) is 16.0 Å². The molecular weight excluding hydrogens is 356 g/mol. The second-order valence-corrected chi connectivity index (χ2v) is 7.74. The summed E-state index contributed by atoms with van der Waals surface area (Å²) in [6.07, 6.45) is 2.22. The van der Waals surface area contributed by atoms with Gasteiger partial charge < -0.3 is 19.1 Å². The van der Waals surface area contributed by atoms with Crippen molar-refractivity contribution in [2.24, 2.45) is 0 Å². The summed E-state index contributed by atoms with van der Waals surface area (Å²) in [4.78, 5) is 17.3. The molecule has 3 heterocycles. The van der Waals surface area contributed by atoms with E-state index in [0.29, 0.717) is 29.7 Å². The van der Waals surface area contributed by atoms with Crippen molar-refractivity contribution in [2.75, 3.05) is 53.1 Å². The molecule has 2 fully saturated rings. The first-order valence-corrected chi connectivity index (χ1v) is 9.60. The highest BCUT2D eigenvalue weighted by molar-refractivity contribution is 6.31. The molecule has 0 bridgehead atoms. The number of ether oxygens (including phenoxy) is 3. The zero-order valence-electron chi connectivity index (χ0n) is 15.1. The highest BCUT2D eigenvalue weighted by Crippen LogP contribution is 2.36. The minimum absolute atomic E-state index is 0.0444. The van der Waals surface area contributed by atoms with Crippen LogP contribution < -0.4 is 9.47 Å². The van der Waals surface area contributed by atoms with Crippen molar-refractivity contribution in [3.63, 3.8) is 0 Å². The van der Waals surface area contributed by atoms with Crippen LogP contribution in [0.5, 0.6) is 11.5 Å². The fourth-order valence-corrected chi connectivity index (χ4v) is 4.30. The van der Waals surface area contributed by atoms with Crippen molar-refractivity contribution < 1.29 is 19.0 Å². The maximum atomic E-state index is 13.0. The molecule has 6 nitrogen and oxygen atoms in total. The summed E-state index contributed by atoms with van der Waals surface area (Å²) in [6.45, 7) is 4.97. The van der Waals surface area contributed by atoms with Crippen molar-refractivity contribution in [2.45, 2.75) is 24.8 Å². The Morgan fingerprint density at radius 2 is 1.81 bits per heavy atom. The first kappa shape index (κ1) is 17.9. The van der Waals surface area contributed by atoms with Gasteiger partial charge in [0.25, 0.3) is 0 Å². The van der Waals surface area contributed by atoms with Crippen molar-refractivity contribution in [3.05, 3.63) is 22.7 Å². The number of benzene rings is 1. The molecule has 142 valence electrons. The van der Waals surface area contributed by atoms with Gasteiger partial charge in [-0.3, -0.25) is 9.69 Å². The Morgan fingerprint density at radius 1 is 1.12 bits per heavy atom. The number of fused-ring (bicyclic) bond motifs is 1. The molecule has 1 spiro atoms. The minimum Gasteiger partial charge on any atom is -0.486 e. The van der Waals surface area contributed by atoms with E-state index in [2.05, 4.69) is 11.9 Å². The van der Waals surface area contributed by atoms with E-state index in [1.165, 1.54) is 0 Å². The Kier molecular flexibility index (Phi) is 4.99. The molecule has 4 rings (SSSR count). The number of rotatable bonds is 2. The number of likely N-dealkylation sites (N-methyl/N-ethyl adjacent to an activating group) is 1. The highest BCUT2D eigenvalue weighted by atomic mass is 35.5. The van der Waals surface area contributed by atoms with E-state index in [0.717, 1.165) is 51.3 Å². The lowest BCUT2D eigenvalue weighted by Crippen LogP contribution is -2.63. The predicted molar refractivity (Wildman–Crippen MR) is 98.1 cm³/mol. The Hall–Kier alpha value is -1.50. The summed E-state index contributed by atoms with van der Waals surface area (Å²) in [5.41, 5.74) is 0.837. The maximum absolute atomic E-state index is 13.0. The fourth-order valence-electron chi connectivity index (χ4n) is 4.08. The van der Waals surface area contributed by atoms with Crippen molar-refractivity contribution in [1.29, 1.82) is 0 Å². The molecule has 0 radical (unpaired) electrons. The molecule has 1 amide bonds. The van der Waals surface area contributed by atoms with Gasteiger partial charge in [-0.15, -0.1) is 0 Å². The zero-order chi connectivity index (χ0) is 18.1. The smallest absolute Gasteiger partial charge is 0.227 e. The standard InChI is InChI=1S/C19H25ClN2O4/c1-21-4-5-22(13-19(21)2-6-24-7-3-19)18(23)11-14-10-16-17(12-15(14)20)26-9-8-25-16/h10,12H,2-9,11,13H2,1H3. The average Bonchev–Trinajstić information content (AvgIpc) is 2.65. The van der Waals surface area contributed by atoms with Gasteiger partial charge in [0, 0.05) is 49.5 Å². The fraction of sp³-hybridized carbons (Fsp3) is 0.632. The van der Waals surface area contributed by atoms with Gasteiger partial charge in [-0.2, -0.15) is 0 Å². The second-order valence-electron chi connectivity index (χ2n) is 7.34. The van der Waals surface area contributed by atoms with Gasteiger partial charge >= 0.3 is 0 Å². The largest absolute Gasteiger partial charge is 0.486 e. The quantitative estimate of drug-likeness (QED) is 0.785. The summed E-state index contributed by atoms with van der Waals surface area (Å²) >= 11 is 6.38. The zero-order valence-corrected chi connectivity index (χ0v) is 15.9. The number of hydrogen-bond donors (Lipinski definition) is 0. The van der Waals surface area contributed by atoms with Crippen LogP contribution in [0.2, 0.25) is 5.02 Å². The van der Waals surface area contributed by atoms with Crippen LogP contribution in [-0.4, -0.2) is 74.4 Å². The van der Waals surface area contributed by atoms with E-state index < -0.39 is 0 Å². The van der Waals surface area contributed by atoms with Crippen LogP contribution in [0.1, 0.15) is 18.4 Å². The molecule has 3 aliphatic rings. The SMILES string of the molecule is CN1CCN(C(=O)Cc2cc3c(cc2Cl)OCCO3)CC12CCOCC2. The third-order valence-electron chi connectivity index (χ3n) is 5.83. The topological polar surface area (TPSA) is 51.2 Å². The lowest BCUT2D eigenvalue weighted by molar-refractivity contribution is -0.139. The van der Waals surface area contributed by atoms with Crippen LogP contribution >= 0.6 is 11.6 Å². The van der Waals surface area contributed by atoms with Gasteiger partial charge in [-0.25, -0.2) is 0 Å². The molecule has 7 heteroatoms. The molecule has 0 unspecified atom stereocenters. The Labute approximate surface area is 158 Å². The predicted octanol–water partition coefficient (Wildman–Crippen LogP) is 1.98. The summed E-state index contributed by atoms with van der Waals surface area (Å²) in [5.74, 6) is 1.43. The van der Waals surface area contributed by atoms with Crippen molar-refractivity contribution >= 4 is 17.5 Å². The molecule has 2 saturated heterocycles. The minimum atomic E-state index is 0.0444. The van der Waals surface area contributed by atoms with E-state index in [1.807, 2.05) is 11.0 Å². The Balaban J connectivity index is 1.48. The molecule has 1 aromatic rings. The third kappa shape index (κ3) is 3.38. The van der Waals surface area contributed by atoms with E-state index in [1.54, 1.807) is 6.07 Å². The molecular formula is C19H25ClN2O4. The summed E-state index contributed by atoms with van der Waals surface area (Å²) in [7, 11) is 2.16. The number of halogens is 1. The summed E-state index contributed by atoms with van der Waals surface area (Å²) in [6, 6.07) is 3.59. The normalized spacial score (nSPS) is 22.5. The molecule has 26 heavy (non-hydrogen) atoms. The number of nitrogens with zero attached hydrogens (tertiary/aromatic N) is 2. The number of piperazine rings is 1. The van der Waals surface area contributed by atoms with Crippen molar-refractivity contribution in [3.8, 4) is 11.5 Å². The van der Waals surface area contributed by atoms with Gasteiger partial charge in [0.2, 0.25) is 5.91 Å². The molecule has 1 aromatic carbocycles. The van der Waals surface area contributed by atoms with Crippen LogP contribution in [0, 0.1) is 0 Å². The van der Waals surface area contributed by atoms with Crippen molar-refractivity contribution in [1.82, 2.24) is 9.80 Å². The second kappa shape index (κ2) is 7.25. The molecule has 0 aromatic heterocycles. The number of hydrogen-bond acceptors (Lipinski definition) is 5. The molecule has 3 aliphatic heterocycles. The van der Waals surface area contributed by atoms with Crippen LogP contribution in [0.15, 0.2) is 12.1 Å². The molecule has 0 atom stereocenters. The summed E-state index contributed by atoms with van der Waals surface area (Å²) in [5, 5.41) is 0.553. The number of amides is 1. The average molecular weight is 381 g/mol. The molecule has 0 N–H and O–H groups in total. The first-order chi connectivity index (χ1) is 12.6. The van der Waals surface area contributed by atoms with Gasteiger partial charge in [0.1, 0.15) is 13.2 Å². The van der Waals surface area contributed by atoms with Crippen LogP contribution in [0.25, 0.3) is 0 Å². The Bertz CT molecular complexity index is 690. The monoisotopic (exact) mass is 380 g/mol. The van der Waals surface area contributed by atoms with Gasteiger partial charge in [0.15, 0.2) is 11.5 Å². The van der Waals surface area contributed by atoms with Gasteiger partial charge in [0.05, 0.1) is 6.42 Å². The van der Waals surface area contributed by atoms with E-state index in [9.17, 15) is 4.79 Å². The maximum Gasteiger partial charge on any atom is 0.227 e. The highest BCUT2D eigenvalue weighted by Gasteiger charge is 2.42. The van der Waals surface area contributed by atoms with Gasteiger partial charge in [-0.05, 0) is 31.5 Å². The number of carbonyl (C=O) groups excluding carboxylic acids is 1. The summed E-state index contributed by atoms with van der Waals surface area (Å²) < 4.78 is 16.7. The van der Waals surface area contributed by atoms with E-state index >= 15 is 0 Å².